The number of carboxylic acids is 1. The Morgan fingerprint density at radius 1 is 1.38 bits per heavy atom. The van der Waals surface area contributed by atoms with Crippen LogP contribution in [0.4, 0.5) is 0 Å². The van der Waals surface area contributed by atoms with Gasteiger partial charge in [-0.3, -0.25) is 14.4 Å². The summed E-state index contributed by atoms with van der Waals surface area (Å²) in [4.78, 5) is 41.2. The molecule has 1 saturated heterocycles. The van der Waals surface area contributed by atoms with E-state index in [2.05, 4.69) is 10.3 Å². The highest BCUT2D eigenvalue weighted by Gasteiger charge is 2.25. The number of amides is 2. The van der Waals surface area contributed by atoms with E-state index >= 15 is 0 Å². The van der Waals surface area contributed by atoms with Crippen molar-refractivity contribution in [2.45, 2.75) is 36.5 Å². The van der Waals surface area contributed by atoms with E-state index in [1.54, 1.807) is 18.3 Å². The zero-order valence-corrected chi connectivity index (χ0v) is 14.3. The van der Waals surface area contributed by atoms with Gasteiger partial charge >= 0.3 is 5.97 Å². The van der Waals surface area contributed by atoms with Crippen LogP contribution in [0.15, 0.2) is 23.4 Å². The van der Waals surface area contributed by atoms with Gasteiger partial charge in [0.15, 0.2) is 0 Å². The van der Waals surface area contributed by atoms with Crippen LogP contribution in [0.2, 0.25) is 0 Å². The van der Waals surface area contributed by atoms with Crippen molar-refractivity contribution in [1.29, 1.82) is 0 Å². The van der Waals surface area contributed by atoms with Gasteiger partial charge < -0.3 is 15.3 Å². The number of hydrogen-bond donors (Lipinski definition) is 2. The fourth-order valence-electron chi connectivity index (χ4n) is 2.45. The Hall–Kier alpha value is -2.09. The van der Waals surface area contributed by atoms with E-state index < -0.39 is 5.97 Å². The summed E-state index contributed by atoms with van der Waals surface area (Å²) in [6, 6.07) is 3.27. The lowest BCUT2D eigenvalue weighted by Gasteiger charge is -2.20. The number of likely N-dealkylation sites (tertiary alicyclic amines) is 1. The predicted molar refractivity (Wildman–Crippen MR) is 90.0 cm³/mol. The second-order valence-electron chi connectivity index (χ2n) is 5.55. The van der Waals surface area contributed by atoms with Crippen LogP contribution in [0.25, 0.3) is 0 Å². The van der Waals surface area contributed by atoms with Gasteiger partial charge in [0.05, 0.1) is 17.2 Å². The summed E-state index contributed by atoms with van der Waals surface area (Å²) in [6.07, 6.45) is 3.50. The van der Waals surface area contributed by atoms with Gasteiger partial charge in [-0.2, -0.15) is 0 Å². The zero-order chi connectivity index (χ0) is 17.5. The largest absolute Gasteiger partial charge is 0.481 e. The van der Waals surface area contributed by atoms with E-state index in [0.717, 1.165) is 25.9 Å². The van der Waals surface area contributed by atoms with E-state index in [1.807, 2.05) is 11.8 Å². The first-order valence-electron chi connectivity index (χ1n) is 7.89. The molecule has 0 saturated carbocycles. The maximum Gasteiger partial charge on any atom is 0.305 e. The van der Waals surface area contributed by atoms with Crippen LogP contribution in [0, 0.1) is 0 Å². The first-order chi connectivity index (χ1) is 11.5. The van der Waals surface area contributed by atoms with Crippen LogP contribution < -0.4 is 5.32 Å². The molecule has 7 nitrogen and oxygen atoms in total. The highest BCUT2D eigenvalue weighted by molar-refractivity contribution is 8.00. The average molecular weight is 351 g/mol. The maximum absolute atomic E-state index is 12.4. The van der Waals surface area contributed by atoms with Crippen molar-refractivity contribution in [2.75, 3.05) is 19.6 Å². The zero-order valence-electron chi connectivity index (χ0n) is 13.5. The van der Waals surface area contributed by atoms with Gasteiger partial charge in [0.2, 0.25) is 5.91 Å². The molecule has 1 aromatic rings. The Balaban J connectivity index is 2.00. The lowest BCUT2D eigenvalue weighted by Crippen LogP contribution is -2.34. The number of carbonyl (C=O) groups is 3. The van der Waals surface area contributed by atoms with Crippen molar-refractivity contribution < 1.29 is 19.5 Å². The van der Waals surface area contributed by atoms with Gasteiger partial charge in [-0.25, -0.2) is 4.98 Å². The lowest BCUT2D eigenvalue weighted by atomic mass is 10.2. The van der Waals surface area contributed by atoms with Gasteiger partial charge in [0.1, 0.15) is 5.03 Å². The van der Waals surface area contributed by atoms with Crippen LogP contribution in [-0.2, 0) is 9.59 Å². The number of nitrogens with one attached hydrogen (secondary N) is 1. The molecule has 0 bridgehead atoms. The molecular formula is C16H21N3O4S. The first kappa shape index (κ1) is 18.3. The third-order valence-electron chi connectivity index (χ3n) is 3.69. The summed E-state index contributed by atoms with van der Waals surface area (Å²) in [5, 5.41) is 11.3. The van der Waals surface area contributed by atoms with E-state index in [-0.39, 0.29) is 30.0 Å². The topological polar surface area (TPSA) is 99.6 Å². The number of carboxylic acid groups (broad SMARTS) is 1. The Kier molecular flexibility index (Phi) is 6.60. The first-order valence-corrected chi connectivity index (χ1v) is 8.77. The number of nitrogens with zero attached hydrogens (tertiary/aromatic N) is 2. The van der Waals surface area contributed by atoms with Gasteiger partial charge in [0, 0.05) is 25.8 Å². The van der Waals surface area contributed by atoms with E-state index in [0.29, 0.717) is 10.6 Å². The van der Waals surface area contributed by atoms with E-state index in [1.165, 1.54) is 11.8 Å². The molecule has 130 valence electrons. The molecule has 1 aromatic heterocycles. The van der Waals surface area contributed by atoms with Crippen LogP contribution in [-0.4, -0.2) is 57.7 Å². The van der Waals surface area contributed by atoms with Crippen molar-refractivity contribution in [3.8, 4) is 0 Å². The molecule has 0 aromatic carbocycles. The molecule has 2 rings (SSSR count). The van der Waals surface area contributed by atoms with Crippen molar-refractivity contribution in [1.82, 2.24) is 15.2 Å². The minimum absolute atomic E-state index is 0.0510. The highest BCUT2D eigenvalue weighted by atomic mass is 32.2. The Labute approximate surface area is 144 Å². The summed E-state index contributed by atoms with van der Waals surface area (Å²) < 4.78 is 0. The normalized spacial score (nSPS) is 15.1. The van der Waals surface area contributed by atoms with Crippen molar-refractivity contribution in [2.24, 2.45) is 0 Å². The average Bonchev–Trinajstić information content (AvgIpc) is 3.08. The van der Waals surface area contributed by atoms with E-state index in [9.17, 15) is 14.4 Å². The van der Waals surface area contributed by atoms with Gasteiger partial charge in [-0.15, -0.1) is 0 Å². The molecule has 24 heavy (non-hydrogen) atoms. The van der Waals surface area contributed by atoms with Gasteiger partial charge in [-0.1, -0.05) is 11.8 Å². The highest BCUT2D eigenvalue weighted by Crippen LogP contribution is 2.26. The predicted octanol–water partition coefficient (Wildman–Crippen LogP) is 1.39. The number of thioether (sulfide) groups is 1. The number of aromatic nitrogens is 1. The number of pyridine rings is 1. The molecule has 1 aliphatic rings. The summed E-state index contributed by atoms with van der Waals surface area (Å²) in [7, 11) is 0. The Morgan fingerprint density at radius 3 is 2.75 bits per heavy atom. The molecular weight excluding hydrogens is 330 g/mol. The third kappa shape index (κ3) is 4.95. The van der Waals surface area contributed by atoms with Crippen LogP contribution in [0.3, 0.4) is 0 Å². The summed E-state index contributed by atoms with van der Waals surface area (Å²) >= 11 is 1.25. The number of aliphatic carboxylic acids is 1. The molecule has 2 heterocycles. The summed E-state index contributed by atoms with van der Waals surface area (Å²) in [5.74, 6) is -1.30. The smallest absolute Gasteiger partial charge is 0.305 e. The quantitative estimate of drug-likeness (QED) is 0.720. The Bertz CT molecular complexity index is 617. The molecule has 2 amide bonds. The molecule has 2 N–H and O–H groups in total. The standard InChI is InChI=1S/C16H21N3O4S/c1-11(16(23)19-9-2-3-10-19)24-15-12(5-4-7-18-15)14(22)17-8-6-13(20)21/h4-5,7,11H,2-3,6,8-10H2,1H3,(H,17,22)(H,20,21). The number of hydrogen-bond acceptors (Lipinski definition) is 5. The SMILES string of the molecule is CC(Sc1ncccc1C(=O)NCCC(=O)O)C(=O)N1CCCC1. The number of carbonyl (C=O) groups excluding carboxylic acids is 2. The minimum Gasteiger partial charge on any atom is -0.481 e. The van der Waals surface area contributed by atoms with Crippen molar-refractivity contribution in [3.05, 3.63) is 23.9 Å². The molecule has 0 radical (unpaired) electrons. The fourth-order valence-corrected chi connectivity index (χ4v) is 3.44. The molecule has 1 unspecified atom stereocenters. The number of rotatable bonds is 7. The molecule has 0 spiro atoms. The minimum atomic E-state index is -0.971. The maximum atomic E-state index is 12.4. The van der Waals surface area contributed by atoms with Crippen molar-refractivity contribution >= 4 is 29.5 Å². The van der Waals surface area contributed by atoms with Gasteiger partial charge in [-0.05, 0) is 31.9 Å². The molecule has 1 fully saturated rings. The summed E-state index contributed by atoms with van der Waals surface area (Å²) in [5.41, 5.74) is 0.356. The second kappa shape index (κ2) is 8.68. The molecule has 0 aliphatic carbocycles. The van der Waals surface area contributed by atoms with Crippen LogP contribution in [0.1, 0.15) is 36.5 Å². The second-order valence-corrected chi connectivity index (χ2v) is 6.88. The lowest BCUT2D eigenvalue weighted by molar-refractivity contribution is -0.136. The molecule has 1 aliphatic heterocycles. The monoisotopic (exact) mass is 351 g/mol. The van der Waals surface area contributed by atoms with Crippen LogP contribution in [0.5, 0.6) is 0 Å². The van der Waals surface area contributed by atoms with Crippen LogP contribution >= 0.6 is 11.8 Å². The fraction of sp³-hybridized carbons (Fsp3) is 0.500. The third-order valence-corrected chi connectivity index (χ3v) is 4.80. The van der Waals surface area contributed by atoms with Gasteiger partial charge in [0.25, 0.3) is 5.91 Å². The molecule has 8 heteroatoms. The molecule has 1 atom stereocenters. The van der Waals surface area contributed by atoms with Crippen molar-refractivity contribution in [3.63, 3.8) is 0 Å². The Morgan fingerprint density at radius 2 is 2.08 bits per heavy atom. The summed E-state index contributed by atoms with van der Waals surface area (Å²) in [6.45, 7) is 3.44. The van der Waals surface area contributed by atoms with E-state index in [4.69, 9.17) is 5.11 Å².